The van der Waals surface area contributed by atoms with E-state index in [1.165, 1.54) is 19.4 Å². The summed E-state index contributed by atoms with van der Waals surface area (Å²) >= 11 is 0. The van der Waals surface area contributed by atoms with E-state index in [1.807, 2.05) is 14.1 Å². The third-order valence-electron chi connectivity index (χ3n) is 2.99. The molecule has 0 amide bonds. The van der Waals surface area contributed by atoms with Crippen molar-refractivity contribution < 1.29 is 0 Å². The molecule has 0 aliphatic rings. The zero-order valence-corrected chi connectivity index (χ0v) is 11.0. The van der Waals surface area contributed by atoms with Crippen LogP contribution in [0, 0.1) is 5.92 Å². The molecule has 0 saturated heterocycles. The molecule has 0 aromatic heterocycles. The van der Waals surface area contributed by atoms with E-state index >= 15 is 0 Å². The summed E-state index contributed by atoms with van der Waals surface area (Å²) in [7, 11) is 4.04. The van der Waals surface area contributed by atoms with E-state index < -0.39 is 0 Å². The Labute approximate surface area is 95.6 Å². The van der Waals surface area contributed by atoms with Gasteiger partial charge in [0, 0.05) is 26.2 Å². The van der Waals surface area contributed by atoms with Crippen LogP contribution < -0.4 is 10.6 Å². The van der Waals surface area contributed by atoms with Crippen LogP contribution in [0.25, 0.3) is 0 Å². The van der Waals surface area contributed by atoms with Gasteiger partial charge in [0.15, 0.2) is 0 Å². The van der Waals surface area contributed by atoms with Gasteiger partial charge in [0.2, 0.25) is 0 Å². The van der Waals surface area contributed by atoms with Crippen molar-refractivity contribution in [1.82, 2.24) is 15.5 Å². The van der Waals surface area contributed by atoms with Crippen molar-refractivity contribution in [1.29, 1.82) is 0 Å². The van der Waals surface area contributed by atoms with E-state index in [-0.39, 0.29) is 0 Å². The predicted octanol–water partition coefficient (Wildman–Crippen LogP) is 1.16. The number of nitrogens with zero attached hydrogens (tertiary/aromatic N) is 1. The summed E-state index contributed by atoms with van der Waals surface area (Å²) in [6, 6.07) is 0. The monoisotopic (exact) mass is 215 g/mol. The van der Waals surface area contributed by atoms with E-state index in [0.29, 0.717) is 0 Å². The summed E-state index contributed by atoms with van der Waals surface area (Å²) in [5.74, 6) is 0.858. The second-order valence-corrected chi connectivity index (χ2v) is 4.35. The molecular weight excluding hydrogens is 186 g/mol. The first-order valence-corrected chi connectivity index (χ1v) is 6.26. The molecule has 0 bridgehead atoms. The number of nitrogens with one attached hydrogen (secondary N) is 2. The summed E-state index contributed by atoms with van der Waals surface area (Å²) in [6.45, 7) is 10.3. The lowest BCUT2D eigenvalue weighted by Gasteiger charge is -2.23. The molecule has 0 aliphatic carbocycles. The van der Waals surface area contributed by atoms with Crippen molar-refractivity contribution in [2.24, 2.45) is 5.92 Å². The highest BCUT2D eigenvalue weighted by atomic mass is 15.1. The molecule has 0 radical (unpaired) electrons. The van der Waals surface area contributed by atoms with Gasteiger partial charge in [-0.2, -0.15) is 0 Å². The smallest absolute Gasteiger partial charge is 0.0107 e. The Balaban J connectivity index is 3.67. The quantitative estimate of drug-likeness (QED) is 0.573. The highest BCUT2D eigenvalue weighted by Crippen LogP contribution is 2.07. The van der Waals surface area contributed by atoms with Gasteiger partial charge < -0.3 is 15.5 Å². The number of likely N-dealkylation sites (N-methyl/N-ethyl adjacent to an activating group) is 2. The van der Waals surface area contributed by atoms with E-state index in [9.17, 15) is 0 Å². The third kappa shape index (κ3) is 8.85. The lowest BCUT2D eigenvalue weighted by Crippen LogP contribution is -2.36. The minimum absolute atomic E-state index is 0.858. The van der Waals surface area contributed by atoms with Crippen LogP contribution in [0.4, 0.5) is 0 Å². The van der Waals surface area contributed by atoms with Crippen molar-refractivity contribution >= 4 is 0 Å². The topological polar surface area (TPSA) is 27.3 Å². The van der Waals surface area contributed by atoms with Gasteiger partial charge >= 0.3 is 0 Å². The standard InChI is InChI=1S/C12H29N3/c1-5-12(2)6-9-15(10-7-13-3)11-8-14-4/h12-14H,5-11H2,1-4H3. The summed E-state index contributed by atoms with van der Waals surface area (Å²) in [6.07, 6.45) is 2.62. The summed E-state index contributed by atoms with van der Waals surface area (Å²) < 4.78 is 0. The van der Waals surface area contributed by atoms with Gasteiger partial charge in [0.1, 0.15) is 0 Å². The minimum atomic E-state index is 0.858. The van der Waals surface area contributed by atoms with Gasteiger partial charge in [0.05, 0.1) is 0 Å². The van der Waals surface area contributed by atoms with Gasteiger partial charge in [-0.3, -0.25) is 0 Å². The Hall–Kier alpha value is -0.120. The highest BCUT2D eigenvalue weighted by Gasteiger charge is 2.05. The summed E-state index contributed by atoms with van der Waals surface area (Å²) in [5, 5.41) is 6.43. The maximum absolute atomic E-state index is 3.21. The van der Waals surface area contributed by atoms with Crippen molar-refractivity contribution in [3.8, 4) is 0 Å². The number of hydrogen-bond donors (Lipinski definition) is 2. The van der Waals surface area contributed by atoms with Crippen molar-refractivity contribution in [2.45, 2.75) is 26.7 Å². The molecule has 3 nitrogen and oxygen atoms in total. The molecule has 1 unspecified atom stereocenters. The Morgan fingerprint density at radius 3 is 1.93 bits per heavy atom. The molecule has 0 rings (SSSR count). The molecule has 0 aromatic carbocycles. The normalized spacial score (nSPS) is 13.4. The molecule has 0 heterocycles. The minimum Gasteiger partial charge on any atom is -0.318 e. The number of hydrogen-bond acceptors (Lipinski definition) is 3. The molecule has 0 aromatic rings. The fourth-order valence-corrected chi connectivity index (χ4v) is 1.48. The van der Waals surface area contributed by atoms with Crippen LogP contribution in [0.2, 0.25) is 0 Å². The Bertz CT molecular complexity index is 120. The van der Waals surface area contributed by atoms with Gasteiger partial charge in [-0.15, -0.1) is 0 Å². The van der Waals surface area contributed by atoms with Crippen LogP contribution in [-0.4, -0.2) is 51.7 Å². The SMILES string of the molecule is CCC(C)CCN(CCNC)CCNC. The van der Waals surface area contributed by atoms with Crippen LogP contribution >= 0.6 is 0 Å². The van der Waals surface area contributed by atoms with E-state index in [2.05, 4.69) is 29.4 Å². The third-order valence-corrected chi connectivity index (χ3v) is 2.99. The maximum Gasteiger partial charge on any atom is 0.0107 e. The van der Waals surface area contributed by atoms with Gasteiger partial charge in [-0.1, -0.05) is 20.3 Å². The maximum atomic E-state index is 3.21. The van der Waals surface area contributed by atoms with Crippen LogP contribution in [0.3, 0.4) is 0 Å². The molecule has 1 atom stereocenters. The number of rotatable bonds is 10. The zero-order chi connectivity index (χ0) is 11.5. The highest BCUT2D eigenvalue weighted by molar-refractivity contribution is 4.62. The average Bonchev–Trinajstić information content (AvgIpc) is 2.27. The largest absolute Gasteiger partial charge is 0.318 e. The van der Waals surface area contributed by atoms with Crippen LogP contribution in [0.5, 0.6) is 0 Å². The molecular formula is C12H29N3. The van der Waals surface area contributed by atoms with Crippen molar-refractivity contribution in [3.63, 3.8) is 0 Å². The fourth-order valence-electron chi connectivity index (χ4n) is 1.48. The molecule has 92 valence electrons. The van der Waals surface area contributed by atoms with Crippen LogP contribution in [-0.2, 0) is 0 Å². The second kappa shape index (κ2) is 10.4. The average molecular weight is 215 g/mol. The van der Waals surface area contributed by atoms with E-state index in [1.54, 1.807) is 0 Å². The van der Waals surface area contributed by atoms with E-state index in [0.717, 1.165) is 32.1 Å². The molecule has 0 spiro atoms. The van der Waals surface area contributed by atoms with Crippen LogP contribution in [0.1, 0.15) is 26.7 Å². The summed E-state index contributed by atoms with van der Waals surface area (Å²) in [5.41, 5.74) is 0. The molecule has 2 N–H and O–H groups in total. The van der Waals surface area contributed by atoms with Gasteiger partial charge in [0.25, 0.3) is 0 Å². The van der Waals surface area contributed by atoms with E-state index in [4.69, 9.17) is 0 Å². The first kappa shape index (κ1) is 14.9. The lowest BCUT2D eigenvalue weighted by molar-refractivity contribution is 0.256. The Morgan fingerprint density at radius 1 is 1.00 bits per heavy atom. The first-order chi connectivity index (χ1) is 7.24. The first-order valence-electron chi connectivity index (χ1n) is 6.26. The van der Waals surface area contributed by atoms with Crippen molar-refractivity contribution in [3.05, 3.63) is 0 Å². The lowest BCUT2D eigenvalue weighted by atomic mass is 10.1. The molecule has 0 aliphatic heterocycles. The molecule has 0 fully saturated rings. The molecule has 3 heteroatoms. The van der Waals surface area contributed by atoms with Crippen LogP contribution in [0.15, 0.2) is 0 Å². The zero-order valence-electron chi connectivity index (χ0n) is 11.0. The predicted molar refractivity (Wildman–Crippen MR) is 68.4 cm³/mol. The van der Waals surface area contributed by atoms with Gasteiger partial charge in [-0.05, 0) is 33.0 Å². The Morgan fingerprint density at radius 2 is 1.53 bits per heavy atom. The molecule has 0 saturated carbocycles. The molecule has 15 heavy (non-hydrogen) atoms. The summed E-state index contributed by atoms with van der Waals surface area (Å²) in [4.78, 5) is 2.54. The second-order valence-electron chi connectivity index (χ2n) is 4.35. The van der Waals surface area contributed by atoms with Gasteiger partial charge in [-0.25, -0.2) is 0 Å². The Kier molecular flexibility index (Phi) is 10.3. The van der Waals surface area contributed by atoms with Crippen molar-refractivity contribution in [2.75, 3.05) is 46.8 Å². The fraction of sp³-hybridized carbons (Fsp3) is 1.00.